The predicted molar refractivity (Wildman–Crippen MR) is 60.6 cm³/mol. The number of benzene rings is 1. The van der Waals surface area contributed by atoms with E-state index in [1.165, 1.54) is 5.56 Å². The van der Waals surface area contributed by atoms with E-state index in [0.29, 0.717) is 13.2 Å². The summed E-state index contributed by atoms with van der Waals surface area (Å²) in [5.41, 5.74) is 5.16. The van der Waals surface area contributed by atoms with Gasteiger partial charge in [0.25, 0.3) is 0 Å². The first kappa shape index (κ1) is 11.2. The predicted octanol–water partition coefficient (Wildman–Crippen LogP) is 1.81. The highest BCUT2D eigenvalue weighted by atomic mass is 16.6. The molecule has 88 valence electrons. The standard InChI is InChI=1S/C12H17NO3/c1-9-6-11-12(16-5-3-4-15-11)7-10(9)8-13-14-2/h6-7,13H,3-5,8H2,1-2H3. The van der Waals surface area contributed by atoms with Crippen molar-refractivity contribution >= 4 is 0 Å². The lowest BCUT2D eigenvalue weighted by molar-refractivity contribution is 0.0865. The van der Waals surface area contributed by atoms with Gasteiger partial charge in [0.05, 0.1) is 20.3 Å². The molecule has 0 atom stereocenters. The van der Waals surface area contributed by atoms with Crippen molar-refractivity contribution in [2.24, 2.45) is 0 Å². The van der Waals surface area contributed by atoms with Crippen molar-refractivity contribution < 1.29 is 14.3 Å². The van der Waals surface area contributed by atoms with E-state index < -0.39 is 0 Å². The topological polar surface area (TPSA) is 39.7 Å². The second-order valence-corrected chi connectivity index (χ2v) is 3.80. The van der Waals surface area contributed by atoms with Gasteiger partial charge in [0.1, 0.15) is 0 Å². The van der Waals surface area contributed by atoms with E-state index in [4.69, 9.17) is 14.3 Å². The number of aryl methyl sites for hydroxylation is 1. The Hall–Kier alpha value is -1.26. The normalized spacial score (nSPS) is 14.6. The fourth-order valence-corrected chi connectivity index (χ4v) is 1.69. The Morgan fingerprint density at radius 2 is 1.94 bits per heavy atom. The third-order valence-corrected chi connectivity index (χ3v) is 2.61. The quantitative estimate of drug-likeness (QED) is 0.793. The minimum atomic E-state index is 0.666. The van der Waals surface area contributed by atoms with Crippen LogP contribution in [0, 0.1) is 6.92 Å². The van der Waals surface area contributed by atoms with Crippen LogP contribution >= 0.6 is 0 Å². The maximum absolute atomic E-state index is 5.63. The molecule has 0 fully saturated rings. The molecule has 0 saturated heterocycles. The Kier molecular flexibility index (Phi) is 3.64. The van der Waals surface area contributed by atoms with Crippen LogP contribution in [-0.2, 0) is 11.4 Å². The molecule has 0 bridgehead atoms. The summed E-state index contributed by atoms with van der Waals surface area (Å²) in [6, 6.07) is 4.04. The summed E-state index contributed by atoms with van der Waals surface area (Å²) < 4.78 is 11.2. The third kappa shape index (κ3) is 2.46. The van der Waals surface area contributed by atoms with Crippen LogP contribution in [0.1, 0.15) is 17.5 Å². The largest absolute Gasteiger partial charge is 0.490 e. The average Bonchev–Trinajstić information content (AvgIpc) is 2.50. The van der Waals surface area contributed by atoms with Crippen LogP contribution in [0.15, 0.2) is 12.1 Å². The first-order valence-electron chi connectivity index (χ1n) is 5.46. The molecular formula is C12H17NO3. The number of rotatable bonds is 3. The van der Waals surface area contributed by atoms with Crippen molar-refractivity contribution in [2.45, 2.75) is 19.9 Å². The molecule has 4 nitrogen and oxygen atoms in total. The lowest BCUT2D eigenvalue weighted by Crippen LogP contribution is -2.12. The Labute approximate surface area is 95.5 Å². The van der Waals surface area contributed by atoms with Gasteiger partial charge in [-0.25, -0.2) is 0 Å². The summed E-state index contributed by atoms with van der Waals surface area (Å²) in [7, 11) is 1.61. The molecule has 0 aromatic heterocycles. The van der Waals surface area contributed by atoms with Gasteiger partial charge in [0.2, 0.25) is 0 Å². The summed E-state index contributed by atoms with van der Waals surface area (Å²) in [6.07, 6.45) is 0.930. The molecule has 1 heterocycles. The van der Waals surface area contributed by atoms with E-state index in [0.717, 1.165) is 30.1 Å². The first-order valence-corrected chi connectivity index (χ1v) is 5.46. The highest BCUT2D eigenvalue weighted by Crippen LogP contribution is 2.32. The fraction of sp³-hybridized carbons (Fsp3) is 0.500. The van der Waals surface area contributed by atoms with Crippen LogP contribution in [0.3, 0.4) is 0 Å². The molecular weight excluding hydrogens is 206 g/mol. The minimum Gasteiger partial charge on any atom is -0.490 e. The Balaban J connectivity index is 2.24. The van der Waals surface area contributed by atoms with Crippen LogP contribution in [0.4, 0.5) is 0 Å². The van der Waals surface area contributed by atoms with Crippen LogP contribution in [-0.4, -0.2) is 20.3 Å². The van der Waals surface area contributed by atoms with E-state index in [2.05, 4.69) is 12.4 Å². The smallest absolute Gasteiger partial charge is 0.161 e. The molecule has 1 aliphatic heterocycles. The Bertz CT molecular complexity index is 366. The summed E-state index contributed by atoms with van der Waals surface area (Å²) in [5.74, 6) is 1.67. The number of hydrogen-bond donors (Lipinski definition) is 1. The molecule has 1 aliphatic rings. The molecule has 0 saturated carbocycles. The maximum atomic E-state index is 5.63. The lowest BCUT2D eigenvalue weighted by atomic mass is 10.1. The Morgan fingerprint density at radius 3 is 2.62 bits per heavy atom. The van der Waals surface area contributed by atoms with Crippen molar-refractivity contribution in [1.29, 1.82) is 0 Å². The lowest BCUT2D eigenvalue weighted by Gasteiger charge is -2.12. The second-order valence-electron chi connectivity index (χ2n) is 3.80. The third-order valence-electron chi connectivity index (χ3n) is 2.61. The summed E-state index contributed by atoms with van der Waals surface area (Å²) >= 11 is 0. The van der Waals surface area contributed by atoms with Crippen LogP contribution in [0.2, 0.25) is 0 Å². The van der Waals surface area contributed by atoms with E-state index in [1.54, 1.807) is 7.11 Å². The van der Waals surface area contributed by atoms with Gasteiger partial charge in [-0.1, -0.05) is 0 Å². The summed E-state index contributed by atoms with van der Waals surface area (Å²) in [6.45, 7) is 4.16. The zero-order chi connectivity index (χ0) is 11.4. The number of nitrogens with one attached hydrogen (secondary N) is 1. The highest BCUT2D eigenvalue weighted by molar-refractivity contribution is 5.47. The van der Waals surface area contributed by atoms with Crippen molar-refractivity contribution in [2.75, 3.05) is 20.3 Å². The van der Waals surface area contributed by atoms with Gasteiger partial charge in [0, 0.05) is 13.0 Å². The first-order chi connectivity index (χ1) is 7.81. The van der Waals surface area contributed by atoms with Gasteiger partial charge in [0.15, 0.2) is 11.5 Å². The average molecular weight is 223 g/mol. The van der Waals surface area contributed by atoms with Crippen molar-refractivity contribution in [1.82, 2.24) is 5.48 Å². The SMILES string of the molecule is CONCc1cc2c(cc1C)OCCCO2. The molecule has 0 unspecified atom stereocenters. The van der Waals surface area contributed by atoms with Crippen LogP contribution in [0.5, 0.6) is 11.5 Å². The van der Waals surface area contributed by atoms with Gasteiger partial charge in [-0.15, -0.1) is 0 Å². The molecule has 0 spiro atoms. The minimum absolute atomic E-state index is 0.666. The van der Waals surface area contributed by atoms with Crippen LogP contribution < -0.4 is 15.0 Å². The molecule has 2 rings (SSSR count). The van der Waals surface area contributed by atoms with Crippen molar-refractivity contribution in [3.05, 3.63) is 23.3 Å². The van der Waals surface area contributed by atoms with Gasteiger partial charge < -0.3 is 14.3 Å². The van der Waals surface area contributed by atoms with E-state index in [1.807, 2.05) is 12.1 Å². The zero-order valence-corrected chi connectivity index (χ0v) is 9.71. The number of hydrogen-bond acceptors (Lipinski definition) is 4. The zero-order valence-electron chi connectivity index (χ0n) is 9.71. The van der Waals surface area contributed by atoms with Gasteiger partial charge >= 0.3 is 0 Å². The number of ether oxygens (including phenoxy) is 2. The van der Waals surface area contributed by atoms with Gasteiger partial charge in [-0.3, -0.25) is 0 Å². The molecule has 0 aliphatic carbocycles. The van der Waals surface area contributed by atoms with Crippen molar-refractivity contribution in [3.63, 3.8) is 0 Å². The molecule has 4 heteroatoms. The molecule has 1 N–H and O–H groups in total. The summed E-state index contributed by atoms with van der Waals surface area (Å²) in [4.78, 5) is 4.85. The molecule has 0 radical (unpaired) electrons. The monoisotopic (exact) mass is 223 g/mol. The van der Waals surface area contributed by atoms with Crippen molar-refractivity contribution in [3.8, 4) is 11.5 Å². The molecule has 0 amide bonds. The van der Waals surface area contributed by atoms with E-state index >= 15 is 0 Å². The number of hydroxylamine groups is 1. The van der Waals surface area contributed by atoms with Gasteiger partial charge in [-0.2, -0.15) is 5.48 Å². The van der Waals surface area contributed by atoms with E-state index in [-0.39, 0.29) is 0 Å². The van der Waals surface area contributed by atoms with E-state index in [9.17, 15) is 0 Å². The summed E-state index contributed by atoms with van der Waals surface area (Å²) in [5, 5.41) is 0. The molecule has 1 aromatic rings. The molecule has 1 aromatic carbocycles. The van der Waals surface area contributed by atoms with Gasteiger partial charge in [-0.05, 0) is 30.2 Å². The molecule has 16 heavy (non-hydrogen) atoms. The Morgan fingerprint density at radius 1 is 1.25 bits per heavy atom. The highest BCUT2D eigenvalue weighted by Gasteiger charge is 2.12. The number of fused-ring (bicyclic) bond motifs is 1. The maximum Gasteiger partial charge on any atom is 0.161 e. The fourth-order valence-electron chi connectivity index (χ4n) is 1.69. The van der Waals surface area contributed by atoms with Crippen LogP contribution in [0.25, 0.3) is 0 Å². The second kappa shape index (κ2) is 5.18.